The summed E-state index contributed by atoms with van der Waals surface area (Å²) in [5.41, 5.74) is 6.61. The van der Waals surface area contributed by atoms with Crippen LogP contribution in [0.15, 0.2) is 41.3 Å². The topological polar surface area (TPSA) is 109 Å². The number of anilines is 2. The molecule has 31 heavy (non-hydrogen) atoms. The molecule has 1 aliphatic heterocycles. The van der Waals surface area contributed by atoms with Crippen molar-refractivity contribution in [3.8, 4) is 5.75 Å². The zero-order chi connectivity index (χ0) is 22.4. The lowest BCUT2D eigenvalue weighted by atomic mass is 10.1. The Hall–Kier alpha value is -2.49. The fourth-order valence-electron chi connectivity index (χ4n) is 3.36. The molecule has 0 radical (unpaired) electrons. The number of hydrogen-bond acceptors (Lipinski definition) is 7. The van der Waals surface area contributed by atoms with Gasteiger partial charge in [0.05, 0.1) is 29.1 Å². The van der Waals surface area contributed by atoms with Crippen molar-refractivity contribution in [1.82, 2.24) is 10.7 Å². The predicted molar refractivity (Wildman–Crippen MR) is 123 cm³/mol. The van der Waals surface area contributed by atoms with Crippen molar-refractivity contribution in [2.45, 2.75) is 30.7 Å². The summed E-state index contributed by atoms with van der Waals surface area (Å²) in [6.45, 7) is 3.48. The fourth-order valence-corrected chi connectivity index (χ4v) is 4.56. The van der Waals surface area contributed by atoms with Gasteiger partial charge in [-0.15, -0.1) is 0 Å². The first-order chi connectivity index (χ1) is 14.8. The van der Waals surface area contributed by atoms with E-state index in [-0.39, 0.29) is 16.3 Å². The molecular formula is C21H27ClN4O4S. The van der Waals surface area contributed by atoms with Crippen molar-refractivity contribution >= 4 is 38.7 Å². The number of benzene rings is 2. The summed E-state index contributed by atoms with van der Waals surface area (Å²) in [4.78, 5) is 12.7. The van der Waals surface area contributed by atoms with Gasteiger partial charge in [0.25, 0.3) is 5.91 Å². The molecule has 0 atom stereocenters. The molecule has 0 saturated carbocycles. The molecule has 1 fully saturated rings. The van der Waals surface area contributed by atoms with E-state index < -0.39 is 15.7 Å². The third kappa shape index (κ3) is 5.81. The minimum Gasteiger partial charge on any atom is -0.495 e. The van der Waals surface area contributed by atoms with Crippen LogP contribution in [0, 0.1) is 0 Å². The van der Waals surface area contributed by atoms with E-state index in [1.165, 1.54) is 18.2 Å². The highest BCUT2D eigenvalue weighted by molar-refractivity contribution is 7.91. The van der Waals surface area contributed by atoms with Gasteiger partial charge < -0.3 is 15.4 Å². The zero-order valence-corrected chi connectivity index (χ0v) is 19.1. The zero-order valence-electron chi connectivity index (χ0n) is 17.5. The molecule has 0 aromatic heterocycles. The molecule has 1 aliphatic rings. The molecule has 2 aromatic rings. The number of carbonyl (C=O) groups excluding carboxylic acids is 1. The van der Waals surface area contributed by atoms with Gasteiger partial charge in [-0.3, -0.25) is 15.6 Å². The van der Waals surface area contributed by atoms with Gasteiger partial charge in [-0.1, -0.05) is 18.5 Å². The number of nitrogens with one attached hydrogen (secondary N) is 4. The number of hydrogen-bond donors (Lipinski definition) is 4. The molecule has 1 amide bonds. The second-order valence-electron chi connectivity index (χ2n) is 7.21. The van der Waals surface area contributed by atoms with E-state index in [4.69, 9.17) is 16.3 Å². The molecule has 2 aromatic carbocycles. The van der Waals surface area contributed by atoms with Gasteiger partial charge in [0.1, 0.15) is 5.75 Å². The van der Waals surface area contributed by atoms with Crippen molar-refractivity contribution in [3.05, 3.63) is 47.0 Å². The molecular weight excluding hydrogens is 440 g/mol. The Labute approximate surface area is 187 Å². The third-order valence-corrected chi connectivity index (χ3v) is 7.15. The standard InChI is InChI=1S/C21H27ClN4O4S/c1-3-31(28,29)20-7-5-15(22)13-18(20)25-26-21(27)14-4-6-17(19(12-14)30-2)24-16-8-10-23-11-9-16/h4-7,12-13,16,23-25H,3,8-11H2,1-2H3,(H,26,27). The largest absolute Gasteiger partial charge is 0.495 e. The Morgan fingerprint density at radius 1 is 1.16 bits per heavy atom. The van der Waals surface area contributed by atoms with Gasteiger partial charge in [-0.2, -0.15) is 0 Å². The predicted octanol–water partition coefficient (Wildman–Crippen LogP) is 3.06. The first kappa shape index (κ1) is 23.2. The minimum atomic E-state index is -3.49. The van der Waals surface area contributed by atoms with Crippen molar-refractivity contribution in [3.63, 3.8) is 0 Å². The SMILES string of the molecule is CCS(=O)(=O)c1ccc(Cl)cc1NNC(=O)c1ccc(NC2CCNCC2)c(OC)c1. The number of piperidine rings is 1. The smallest absolute Gasteiger partial charge is 0.269 e. The van der Waals surface area contributed by atoms with Crippen molar-refractivity contribution < 1.29 is 17.9 Å². The van der Waals surface area contributed by atoms with Crippen LogP contribution in [0.5, 0.6) is 5.75 Å². The Morgan fingerprint density at radius 2 is 1.90 bits per heavy atom. The molecule has 0 bridgehead atoms. The maximum Gasteiger partial charge on any atom is 0.269 e. The highest BCUT2D eigenvalue weighted by Gasteiger charge is 2.19. The average molecular weight is 467 g/mol. The highest BCUT2D eigenvalue weighted by Crippen LogP contribution is 2.28. The Morgan fingerprint density at radius 3 is 2.58 bits per heavy atom. The first-order valence-electron chi connectivity index (χ1n) is 10.1. The summed E-state index contributed by atoms with van der Waals surface area (Å²) in [6, 6.07) is 9.85. The molecule has 0 spiro atoms. The van der Waals surface area contributed by atoms with E-state index in [0.29, 0.717) is 22.4 Å². The van der Waals surface area contributed by atoms with Crippen LogP contribution in [0.2, 0.25) is 5.02 Å². The number of methoxy groups -OCH3 is 1. The second-order valence-corrected chi connectivity index (χ2v) is 9.89. The summed E-state index contributed by atoms with van der Waals surface area (Å²) >= 11 is 6.00. The van der Waals surface area contributed by atoms with Crippen molar-refractivity contribution in [2.75, 3.05) is 36.7 Å². The maximum atomic E-state index is 12.7. The van der Waals surface area contributed by atoms with Crippen LogP contribution in [0.1, 0.15) is 30.1 Å². The molecule has 0 aliphatic carbocycles. The van der Waals surface area contributed by atoms with Crippen LogP contribution >= 0.6 is 11.6 Å². The van der Waals surface area contributed by atoms with Gasteiger partial charge in [0, 0.05) is 16.6 Å². The lowest BCUT2D eigenvalue weighted by molar-refractivity contribution is 0.0962. The van der Waals surface area contributed by atoms with Crippen LogP contribution in [0.3, 0.4) is 0 Å². The summed E-state index contributed by atoms with van der Waals surface area (Å²) in [6.07, 6.45) is 2.02. The monoisotopic (exact) mass is 466 g/mol. The van der Waals surface area contributed by atoms with Gasteiger partial charge >= 0.3 is 0 Å². The number of carbonyl (C=O) groups is 1. The number of rotatable bonds is 8. The van der Waals surface area contributed by atoms with E-state index >= 15 is 0 Å². The van der Waals surface area contributed by atoms with E-state index in [1.54, 1.807) is 26.2 Å². The summed E-state index contributed by atoms with van der Waals surface area (Å²) < 4.78 is 30.1. The van der Waals surface area contributed by atoms with Crippen molar-refractivity contribution in [1.29, 1.82) is 0 Å². The molecule has 8 nitrogen and oxygen atoms in total. The second kappa shape index (κ2) is 10.2. The molecule has 10 heteroatoms. The van der Waals surface area contributed by atoms with Gasteiger partial charge in [0.15, 0.2) is 9.84 Å². The van der Waals surface area contributed by atoms with Gasteiger partial charge in [0.2, 0.25) is 0 Å². The number of hydrazine groups is 1. The molecule has 3 rings (SSSR count). The summed E-state index contributed by atoms with van der Waals surface area (Å²) in [5, 5.41) is 7.14. The molecule has 168 valence electrons. The third-order valence-electron chi connectivity index (χ3n) is 5.13. The number of sulfone groups is 1. The number of amides is 1. The fraction of sp³-hybridized carbons (Fsp3) is 0.381. The Kier molecular flexibility index (Phi) is 7.64. The lowest BCUT2D eigenvalue weighted by Crippen LogP contribution is -2.35. The minimum absolute atomic E-state index is 0.0683. The van der Waals surface area contributed by atoms with Crippen LogP contribution in [0.25, 0.3) is 0 Å². The van der Waals surface area contributed by atoms with Gasteiger partial charge in [-0.25, -0.2) is 8.42 Å². The quantitative estimate of drug-likeness (QED) is 0.443. The van der Waals surface area contributed by atoms with E-state index in [2.05, 4.69) is 21.5 Å². The van der Waals surface area contributed by atoms with E-state index in [0.717, 1.165) is 31.6 Å². The average Bonchev–Trinajstić information content (AvgIpc) is 2.78. The van der Waals surface area contributed by atoms with Crippen LogP contribution in [-0.4, -0.2) is 46.3 Å². The molecule has 4 N–H and O–H groups in total. The van der Waals surface area contributed by atoms with E-state index in [1.807, 2.05) is 6.07 Å². The Balaban J connectivity index is 1.73. The van der Waals surface area contributed by atoms with Crippen LogP contribution < -0.4 is 26.2 Å². The molecule has 1 heterocycles. The highest BCUT2D eigenvalue weighted by atomic mass is 35.5. The first-order valence-corrected chi connectivity index (χ1v) is 12.1. The van der Waals surface area contributed by atoms with Crippen LogP contribution in [0.4, 0.5) is 11.4 Å². The summed E-state index contributed by atoms with van der Waals surface area (Å²) in [5.74, 6) is 0.0506. The van der Waals surface area contributed by atoms with Crippen molar-refractivity contribution in [2.24, 2.45) is 0 Å². The lowest BCUT2D eigenvalue weighted by Gasteiger charge is -2.25. The number of halogens is 1. The number of ether oxygens (including phenoxy) is 1. The van der Waals surface area contributed by atoms with Crippen LogP contribution in [-0.2, 0) is 9.84 Å². The van der Waals surface area contributed by atoms with E-state index in [9.17, 15) is 13.2 Å². The van der Waals surface area contributed by atoms with Gasteiger partial charge in [-0.05, 0) is 62.3 Å². The Bertz CT molecular complexity index is 1040. The molecule has 1 saturated heterocycles. The molecule has 0 unspecified atom stereocenters. The normalized spacial score (nSPS) is 14.7. The maximum absolute atomic E-state index is 12.7. The summed E-state index contributed by atoms with van der Waals surface area (Å²) in [7, 11) is -1.94.